The van der Waals surface area contributed by atoms with E-state index in [0.29, 0.717) is 5.88 Å². The summed E-state index contributed by atoms with van der Waals surface area (Å²) in [5.74, 6) is 1.31. The van der Waals surface area contributed by atoms with Gasteiger partial charge in [-0.15, -0.1) is 0 Å². The summed E-state index contributed by atoms with van der Waals surface area (Å²) in [4.78, 5) is 4.37. The fourth-order valence-electron chi connectivity index (χ4n) is 1.89. The molecule has 0 saturated heterocycles. The Bertz CT molecular complexity index is 748. The Hall–Kier alpha value is -2.56. The highest BCUT2D eigenvalue weighted by Gasteiger charge is 2.06. The highest BCUT2D eigenvalue weighted by Crippen LogP contribution is 2.28. The Balaban J connectivity index is 1.98. The van der Waals surface area contributed by atoms with E-state index in [4.69, 9.17) is 10.5 Å². The number of anilines is 1. The molecule has 0 bridgehead atoms. The van der Waals surface area contributed by atoms with E-state index in [2.05, 4.69) is 10.1 Å². The zero-order chi connectivity index (χ0) is 13.4. The molecule has 96 valence electrons. The molecule has 0 aliphatic carbocycles. The van der Waals surface area contributed by atoms with Gasteiger partial charge in [0.25, 0.3) is 0 Å². The lowest BCUT2D eigenvalue weighted by molar-refractivity contribution is 0.459. The molecule has 0 fully saturated rings. The first-order chi connectivity index (χ1) is 9.13. The number of hydrogen-bond acceptors (Lipinski definition) is 4. The van der Waals surface area contributed by atoms with Gasteiger partial charge >= 0.3 is 0 Å². The SMILES string of the molecule is Cc1cc(Oc2ccn3nccc3n2)c(C)cc1N. The molecule has 3 rings (SSSR count). The highest BCUT2D eigenvalue weighted by atomic mass is 16.5. The van der Waals surface area contributed by atoms with Gasteiger partial charge in [-0.2, -0.15) is 10.1 Å². The third-order valence-electron chi connectivity index (χ3n) is 3.01. The average Bonchev–Trinajstić information content (AvgIpc) is 2.83. The summed E-state index contributed by atoms with van der Waals surface area (Å²) in [6.45, 7) is 3.91. The second-order valence-electron chi connectivity index (χ2n) is 4.48. The molecular weight excluding hydrogens is 240 g/mol. The fourth-order valence-corrected chi connectivity index (χ4v) is 1.89. The lowest BCUT2D eigenvalue weighted by atomic mass is 10.1. The molecule has 0 saturated carbocycles. The van der Waals surface area contributed by atoms with Crippen LogP contribution in [-0.2, 0) is 0 Å². The molecule has 0 radical (unpaired) electrons. The van der Waals surface area contributed by atoms with Crippen molar-refractivity contribution in [2.75, 3.05) is 5.73 Å². The van der Waals surface area contributed by atoms with Crippen LogP contribution in [0, 0.1) is 13.8 Å². The first kappa shape index (κ1) is 11.5. The van der Waals surface area contributed by atoms with Gasteiger partial charge in [-0.1, -0.05) is 0 Å². The Morgan fingerprint density at radius 1 is 1.16 bits per heavy atom. The van der Waals surface area contributed by atoms with Crippen molar-refractivity contribution in [1.29, 1.82) is 0 Å². The van der Waals surface area contributed by atoms with E-state index in [1.165, 1.54) is 0 Å². The molecule has 19 heavy (non-hydrogen) atoms. The number of rotatable bonds is 2. The Labute approximate surface area is 110 Å². The van der Waals surface area contributed by atoms with E-state index < -0.39 is 0 Å². The van der Waals surface area contributed by atoms with Gasteiger partial charge in [-0.25, -0.2) is 4.52 Å². The number of benzene rings is 1. The van der Waals surface area contributed by atoms with Crippen LogP contribution < -0.4 is 10.5 Å². The Morgan fingerprint density at radius 2 is 2.00 bits per heavy atom. The van der Waals surface area contributed by atoms with Gasteiger partial charge in [0, 0.05) is 24.0 Å². The second kappa shape index (κ2) is 4.28. The van der Waals surface area contributed by atoms with Crippen molar-refractivity contribution in [3.63, 3.8) is 0 Å². The monoisotopic (exact) mass is 254 g/mol. The summed E-state index contributed by atoms with van der Waals surface area (Å²) < 4.78 is 7.50. The second-order valence-corrected chi connectivity index (χ2v) is 4.48. The fraction of sp³-hybridized carbons (Fsp3) is 0.143. The molecule has 0 aliphatic heterocycles. The van der Waals surface area contributed by atoms with Crippen LogP contribution in [0.1, 0.15) is 11.1 Å². The van der Waals surface area contributed by atoms with Crippen molar-refractivity contribution in [2.45, 2.75) is 13.8 Å². The Morgan fingerprint density at radius 3 is 2.84 bits per heavy atom. The lowest BCUT2D eigenvalue weighted by Crippen LogP contribution is -1.96. The molecule has 2 N–H and O–H groups in total. The normalized spacial score (nSPS) is 10.8. The van der Waals surface area contributed by atoms with Crippen molar-refractivity contribution >= 4 is 11.3 Å². The van der Waals surface area contributed by atoms with Crippen LogP contribution in [0.5, 0.6) is 11.6 Å². The smallest absolute Gasteiger partial charge is 0.222 e. The minimum atomic E-state index is 0.542. The van der Waals surface area contributed by atoms with Crippen LogP contribution in [0.15, 0.2) is 36.7 Å². The highest BCUT2D eigenvalue weighted by molar-refractivity contribution is 5.54. The summed E-state index contributed by atoms with van der Waals surface area (Å²) in [5.41, 5.74) is 9.36. The zero-order valence-corrected chi connectivity index (χ0v) is 10.8. The third-order valence-corrected chi connectivity index (χ3v) is 3.01. The lowest BCUT2D eigenvalue weighted by Gasteiger charge is -2.10. The quantitative estimate of drug-likeness (QED) is 0.714. The largest absolute Gasteiger partial charge is 0.439 e. The van der Waals surface area contributed by atoms with E-state index >= 15 is 0 Å². The standard InChI is InChI=1S/C14H14N4O/c1-9-8-12(10(2)7-11(9)15)19-14-4-6-18-13(17-14)3-5-16-18/h3-8H,15H2,1-2H3. The number of hydrogen-bond donors (Lipinski definition) is 1. The van der Waals surface area contributed by atoms with Gasteiger partial charge in [0.1, 0.15) is 5.75 Å². The van der Waals surface area contributed by atoms with Crippen molar-refractivity contribution in [2.24, 2.45) is 0 Å². The third kappa shape index (κ3) is 2.10. The van der Waals surface area contributed by atoms with Crippen LogP contribution in [-0.4, -0.2) is 14.6 Å². The molecule has 0 aliphatic rings. The first-order valence-corrected chi connectivity index (χ1v) is 5.98. The minimum absolute atomic E-state index is 0.542. The van der Waals surface area contributed by atoms with Crippen molar-refractivity contribution in [1.82, 2.24) is 14.6 Å². The summed E-state index contributed by atoms with van der Waals surface area (Å²) in [6, 6.07) is 7.44. The van der Waals surface area contributed by atoms with E-state index in [9.17, 15) is 0 Å². The topological polar surface area (TPSA) is 65.4 Å². The molecule has 0 atom stereocenters. The van der Waals surface area contributed by atoms with E-state index in [1.807, 2.05) is 38.2 Å². The van der Waals surface area contributed by atoms with Crippen molar-refractivity contribution < 1.29 is 4.74 Å². The number of nitrogen functional groups attached to an aromatic ring is 1. The van der Waals surface area contributed by atoms with Gasteiger partial charge in [-0.3, -0.25) is 0 Å². The van der Waals surface area contributed by atoms with Gasteiger partial charge < -0.3 is 10.5 Å². The number of ether oxygens (including phenoxy) is 1. The molecule has 0 amide bonds. The van der Waals surface area contributed by atoms with Crippen LogP contribution in [0.3, 0.4) is 0 Å². The predicted molar refractivity (Wildman–Crippen MR) is 73.4 cm³/mol. The summed E-state index contributed by atoms with van der Waals surface area (Å²) >= 11 is 0. The number of aromatic nitrogens is 3. The number of nitrogens with two attached hydrogens (primary N) is 1. The van der Waals surface area contributed by atoms with Crippen LogP contribution in [0.4, 0.5) is 5.69 Å². The molecule has 5 nitrogen and oxygen atoms in total. The molecule has 3 aromatic rings. The van der Waals surface area contributed by atoms with Gasteiger partial charge in [0.2, 0.25) is 5.88 Å². The molecule has 5 heteroatoms. The molecule has 2 heterocycles. The van der Waals surface area contributed by atoms with Gasteiger partial charge in [0.05, 0.1) is 6.20 Å². The summed E-state index contributed by atoms with van der Waals surface area (Å²) in [7, 11) is 0. The maximum absolute atomic E-state index is 5.86. The van der Waals surface area contributed by atoms with E-state index in [1.54, 1.807) is 16.8 Å². The van der Waals surface area contributed by atoms with Crippen molar-refractivity contribution in [3.05, 3.63) is 47.8 Å². The van der Waals surface area contributed by atoms with Crippen molar-refractivity contribution in [3.8, 4) is 11.6 Å². The van der Waals surface area contributed by atoms with E-state index in [-0.39, 0.29) is 0 Å². The number of nitrogens with zero attached hydrogens (tertiary/aromatic N) is 3. The molecule has 0 unspecified atom stereocenters. The van der Waals surface area contributed by atoms with Crippen LogP contribution in [0.25, 0.3) is 5.65 Å². The predicted octanol–water partition coefficient (Wildman–Crippen LogP) is 2.72. The average molecular weight is 254 g/mol. The summed E-state index contributed by atoms with van der Waals surface area (Å²) in [6.07, 6.45) is 3.52. The molecule has 2 aromatic heterocycles. The van der Waals surface area contributed by atoms with Gasteiger partial charge in [0.15, 0.2) is 5.65 Å². The van der Waals surface area contributed by atoms with Gasteiger partial charge in [-0.05, 0) is 37.1 Å². The number of fused-ring (bicyclic) bond motifs is 1. The molecule has 0 spiro atoms. The van der Waals surface area contributed by atoms with E-state index in [0.717, 1.165) is 28.2 Å². The molecule has 1 aromatic carbocycles. The summed E-state index contributed by atoms with van der Waals surface area (Å²) in [5, 5.41) is 4.09. The molecular formula is C14H14N4O. The number of aryl methyl sites for hydroxylation is 2. The first-order valence-electron chi connectivity index (χ1n) is 5.98. The minimum Gasteiger partial charge on any atom is -0.439 e. The van der Waals surface area contributed by atoms with Crippen LogP contribution >= 0.6 is 0 Å². The Kier molecular flexibility index (Phi) is 2.59. The zero-order valence-electron chi connectivity index (χ0n) is 10.8. The maximum Gasteiger partial charge on any atom is 0.222 e. The maximum atomic E-state index is 5.86. The van der Waals surface area contributed by atoms with Crippen LogP contribution in [0.2, 0.25) is 0 Å².